The summed E-state index contributed by atoms with van der Waals surface area (Å²) in [5.74, 6) is 0.117. The molecule has 0 aromatic carbocycles. The van der Waals surface area contributed by atoms with Crippen LogP contribution in [-0.4, -0.2) is 45.3 Å². The Hall–Kier alpha value is -1.08. The number of carboxylic acid groups (broad SMARTS) is 1. The topological polar surface area (TPSA) is 77.2 Å². The van der Waals surface area contributed by atoms with E-state index in [2.05, 4.69) is 17.1 Å². The molecule has 0 unspecified atom stereocenters. The molecule has 1 aromatic heterocycles. The first-order chi connectivity index (χ1) is 9.19. The molecule has 0 spiro atoms. The van der Waals surface area contributed by atoms with Gasteiger partial charge in [0.25, 0.3) is 0 Å². The van der Waals surface area contributed by atoms with Crippen molar-refractivity contribution in [2.75, 3.05) is 19.5 Å². The molecule has 0 atom stereocenters. The largest absolute Gasteiger partial charge is 0.481 e. The summed E-state index contributed by atoms with van der Waals surface area (Å²) in [6.45, 7) is 3.64. The van der Waals surface area contributed by atoms with Crippen LogP contribution in [0.3, 0.4) is 0 Å². The van der Waals surface area contributed by atoms with E-state index in [9.17, 15) is 4.79 Å². The van der Waals surface area contributed by atoms with Gasteiger partial charge < -0.3 is 14.4 Å². The van der Waals surface area contributed by atoms with Gasteiger partial charge in [0.1, 0.15) is 5.82 Å². The van der Waals surface area contributed by atoms with Crippen LogP contribution in [0.5, 0.6) is 0 Å². The number of aliphatic carboxylic acids is 1. The van der Waals surface area contributed by atoms with Gasteiger partial charge in [-0.05, 0) is 19.3 Å². The Morgan fingerprint density at radius 3 is 2.84 bits per heavy atom. The number of carbonyl (C=O) groups is 1. The number of hydrogen-bond donors (Lipinski definition) is 1. The summed E-state index contributed by atoms with van der Waals surface area (Å²) in [6.07, 6.45) is 3.82. The molecule has 19 heavy (non-hydrogen) atoms. The molecule has 1 heterocycles. The summed E-state index contributed by atoms with van der Waals surface area (Å²) < 4.78 is 7.06. The van der Waals surface area contributed by atoms with Crippen molar-refractivity contribution in [2.45, 2.75) is 44.3 Å². The minimum atomic E-state index is -0.837. The van der Waals surface area contributed by atoms with Gasteiger partial charge >= 0.3 is 5.97 Å². The molecule has 0 amide bonds. The summed E-state index contributed by atoms with van der Waals surface area (Å²) >= 11 is 1.22. The maximum Gasteiger partial charge on any atom is 0.313 e. The maximum atomic E-state index is 10.6. The van der Waals surface area contributed by atoms with E-state index in [4.69, 9.17) is 9.84 Å². The first-order valence-electron chi connectivity index (χ1n) is 6.44. The lowest BCUT2D eigenvalue weighted by Gasteiger charge is -2.09. The van der Waals surface area contributed by atoms with E-state index in [-0.39, 0.29) is 5.75 Å². The fourth-order valence-corrected chi connectivity index (χ4v) is 2.41. The highest BCUT2D eigenvalue weighted by atomic mass is 32.2. The Balaban J connectivity index is 2.64. The average Bonchev–Trinajstić information content (AvgIpc) is 2.75. The van der Waals surface area contributed by atoms with Crippen molar-refractivity contribution in [1.29, 1.82) is 0 Å². The van der Waals surface area contributed by atoms with Crippen LogP contribution in [0.1, 0.15) is 32.0 Å². The number of aromatic nitrogens is 3. The lowest BCUT2D eigenvalue weighted by atomic mass is 10.3. The van der Waals surface area contributed by atoms with Gasteiger partial charge in [-0.1, -0.05) is 18.7 Å². The number of nitrogens with zero attached hydrogens (tertiary/aromatic N) is 3. The van der Waals surface area contributed by atoms with Crippen molar-refractivity contribution in [3.05, 3.63) is 5.82 Å². The van der Waals surface area contributed by atoms with Gasteiger partial charge in [0.2, 0.25) is 0 Å². The van der Waals surface area contributed by atoms with Gasteiger partial charge in [0, 0.05) is 26.7 Å². The molecule has 0 aliphatic heterocycles. The third kappa shape index (κ3) is 5.61. The summed E-state index contributed by atoms with van der Waals surface area (Å²) in [4.78, 5) is 10.6. The molecule has 0 saturated heterocycles. The normalized spacial score (nSPS) is 10.8. The van der Waals surface area contributed by atoms with Gasteiger partial charge in [-0.25, -0.2) is 0 Å². The first kappa shape index (κ1) is 16.0. The van der Waals surface area contributed by atoms with Crippen LogP contribution in [0, 0.1) is 0 Å². The molecular weight excluding hydrogens is 266 g/mol. The lowest BCUT2D eigenvalue weighted by molar-refractivity contribution is -0.133. The molecule has 0 radical (unpaired) electrons. The number of aryl methyl sites for hydroxylation is 1. The van der Waals surface area contributed by atoms with Crippen LogP contribution in [0.15, 0.2) is 5.16 Å². The second-order valence-corrected chi connectivity index (χ2v) is 5.13. The van der Waals surface area contributed by atoms with Crippen molar-refractivity contribution >= 4 is 17.7 Å². The smallest absolute Gasteiger partial charge is 0.313 e. The molecule has 1 rings (SSSR count). The van der Waals surface area contributed by atoms with Crippen molar-refractivity contribution in [1.82, 2.24) is 14.8 Å². The van der Waals surface area contributed by atoms with E-state index in [1.165, 1.54) is 11.8 Å². The van der Waals surface area contributed by atoms with Crippen LogP contribution in [0.25, 0.3) is 0 Å². The average molecular weight is 287 g/mol. The molecule has 0 fully saturated rings. The molecule has 6 nitrogen and oxygen atoms in total. The summed E-state index contributed by atoms with van der Waals surface area (Å²) in [7, 11) is 1.69. The number of unbranched alkanes of at least 4 members (excludes halogenated alkanes) is 1. The minimum absolute atomic E-state index is 0.0162. The number of rotatable bonds is 10. The zero-order valence-electron chi connectivity index (χ0n) is 11.5. The summed E-state index contributed by atoms with van der Waals surface area (Å²) in [6, 6.07) is 0. The third-order valence-electron chi connectivity index (χ3n) is 2.57. The Bertz CT molecular complexity index is 396. The van der Waals surface area contributed by atoms with Crippen LogP contribution in [0.2, 0.25) is 0 Å². The molecule has 0 aliphatic rings. The Morgan fingerprint density at radius 1 is 1.42 bits per heavy atom. The van der Waals surface area contributed by atoms with E-state index in [0.29, 0.717) is 5.16 Å². The number of methoxy groups -OCH3 is 1. The van der Waals surface area contributed by atoms with Crippen molar-refractivity contribution in [2.24, 2.45) is 0 Å². The lowest BCUT2D eigenvalue weighted by Crippen LogP contribution is -2.08. The van der Waals surface area contributed by atoms with Gasteiger partial charge in [-0.2, -0.15) is 0 Å². The zero-order valence-corrected chi connectivity index (χ0v) is 12.3. The van der Waals surface area contributed by atoms with Crippen LogP contribution >= 0.6 is 11.8 Å². The monoisotopic (exact) mass is 287 g/mol. The van der Waals surface area contributed by atoms with Gasteiger partial charge in [-0.15, -0.1) is 10.2 Å². The highest BCUT2D eigenvalue weighted by molar-refractivity contribution is 7.99. The predicted octanol–water partition coefficient (Wildman–Crippen LogP) is 1.83. The number of carboxylic acids is 1. The molecule has 0 saturated carbocycles. The number of ether oxygens (including phenoxy) is 1. The molecular formula is C12H21N3O3S. The molecule has 0 aliphatic carbocycles. The van der Waals surface area contributed by atoms with E-state index in [1.54, 1.807) is 7.11 Å². The SMILES string of the molecule is CCCc1nnc(SCC(=O)O)n1CCCCOC. The van der Waals surface area contributed by atoms with E-state index in [1.807, 2.05) is 4.57 Å². The standard InChI is InChI=1S/C12H21N3O3S/c1-3-6-10-13-14-12(19-9-11(16)17)15(10)7-4-5-8-18-2/h3-9H2,1-2H3,(H,16,17). The Kier molecular flexibility index (Phi) is 7.50. The van der Waals surface area contributed by atoms with E-state index >= 15 is 0 Å². The van der Waals surface area contributed by atoms with Crippen molar-refractivity contribution in [3.8, 4) is 0 Å². The highest BCUT2D eigenvalue weighted by Gasteiger charge is 2.12. The molecule has 7 heteroatoms. The molecule has 1 N–H and O–H groups in total. The summed E-state index contributed by atoms with van der Waals surface area (Å²) in [5, 5.41) is 17.7. The fraction of sp³-hybridized carbons (Fsp3) is 0.750. The van der Waals surface area contributed by atoms with Crippen molar-refractivity contribution in [3.63, 3.8) is 0 Å². The fourth-order valence-electron chi connectivity index (χ4n) is 1.70. The number of hydrogen-bond acceptors (Lipinski definition) is 5. The quantitative estimate of drug-likeness (QED) is 0.522. The Labute approximate surface area is 117 Å². The van der Waals surface area contributed by atoms with Crippen LogP contribution < -0.4 is 0 Å². The third-order valence-corrected chi connectivity index (χ3v) is 3.52. The predicted molar refractivity (Wildman–Crippen MR) is 73.5 cm³/mol. The Morgan fingerprint density at radius 2 is 2.21 bits per heavy atom. The van der Waals surface area contributed by atoms with Crippen LogP contribution in [-0.2, 0) is 22.5 Å². The molecule has 108 valence electrons. The minimum Gasteiger partial charge on any atom is -0.481 e. The van der Waals surface area contributed by atoms with Crippen molar-refractivity contribution < 1.29 is 14.6 Å². The summed E-state index contributed by atoms with van der Waals surface area (Å²) in [5.41, 5.74) is 0. The molecule has 0 bridgehead atoms. The van der Waals surface area contributed by atoms with Gasteiger partial charge in [0.15, 0.2) is 5.16 Å². The number of thioether (sulfide) groups is 1. The second-order valence-electron chi connectivity index (χ2n) is 4.18. The van der Waals surface area contributed by atoms with E-state index < -0.39 is 5.97 Å². The second kappa shape index (κ2) is 8.92. The first-order valence-corrected chi connectivity index (χ1v) is 7.43. The highest BCUT2D eigenvalue weighted by Crippen LogP contribution is 2.18. The van der Waals surface area contributed by atoms with E-state index in [0.717, 1.165) is 44.7 Å². The van der Waals surface area contributed by atoms with Gasteiger partial charge in [0.05, 0.1) is 5.75 Å². The molecule has 1 aromatic rings. The zero-order chi connectivity index (χ0) is 14.1. The van der Waals surface area contributed by atoms with Gasteiger partial charge in [-0.3, -0.25) is 4.79 Å². The maximum absolute atomic E-state index is 10.6. The van der Waals surface area contributed by atoms with Crippen LogP contribution in [0.4, 0.5) is 0 Å².